The second kappa shape index (κ2) is 6.97. The molecule has 0 saturated carbocycles. The Hall–Kier alpha value is -1.98. The predicted molar refractivity (Wildman–Crippen MR) is 108 cm³/mol. The number of benzene rings is 1. The standard InChI is InChI=1S/C20H20ClN3OS/c1-14-19(15-4-6-16(21)7-5-15)23-20(22-14)8-10-24(11-9-20)18(25)13-17-3-2-12-26-17/h2-7,12H,8-11,13H2,1H3. The number of amides is 1. The van der Waals surface area contributed by atoms with Gasteiger partial charge in [0.05, 0.1) is 17.8 Å². The van der Waals surface area contributed by atoms with Crippen molar-refractivity contribution in [3.63, 3.8) is 0 Å². The number of rotatable bonds is 3. The van der Waals surface area contributed by atoms with Crippen molar-refractivity contribution in [2.75, 3.05) is 13.1 Å². The lowest BCUT2D eigenvalue weighted by Crippen LogP contribution is -2.45. The molecule has 6 heteroatoms. The average Bonchev–Trinajstić information content (AvgIpc) is 3.24. The number of hydrogen-bond acceptors (Lipinski definition) is 4. The number of likely N-dealkylation sites (tertiary alicyclic amines) is 1. The summed E-state index contributed by atoms with van der Waals surface area (Å²) in [4.78, 5) is 25.4. The van der Waals surface area contributed by atoms with E-state index < -0.39 is 5.66 Å². The van der Waals surface area contributed by atoms with E-state index in [1.54, 1.807) is 11.3 Å². The van der Waals surface area contributed by atoms with Crippen molar-refractivity contribution in [1.82, 2.24) is 4.90 Å². The molecule has 1 fully saturated rings. The molecule has 1 aromatic heterocycles. The third-order valence-corrected chi connectivity index (χ3v) is 6.11. The van der Waals surface area contributed by atoms with Gasteiger partial charge in [-0.2, -0.15) is 0 Å². The quantitative estimate of drug-likeness (QED) is 0.779. The van der Waals surface area contributed by atoms with Crippen molar-refractivity contribution in [3.8, 4) is 0 Å². The summed E-state index contributed by atoms with van der Waals surface area (Å²) in [7, 11) is 0. The number of halogens is 1. The first kappa shape index (κ1) is 17.4. The zero-order chi connectivity index (χ0) is 18.1. The third kappa shape index (κ3) is 3.46. The summed E-state index contributed by atoms with van der Waals surface area (Å²) in [5, 5.41) is 2.73. The molecule has 3 heterocycles. The first-order valence-corrected chi connectivity index (χ1v) is 10.0. The van der Waals surface area contributed by atoms with E-state index in [1.807, 2.05) is 53.6 Å². The molecular weight excluding hydrogens is 366 g/mol. The molecule has 0 aliphatic carbocycles. The van der Waals surface area contributed by atoms with Crippen LogP contribution in [-0.4, -0.2) is 41.0 Å². The van der Waals surface area contributed by atoms with Crippen LogP contribution >= 0.6 is 22.9 Å². The lowest BCUT2D eigenvalue weighted by molar-refractivity contribution is -0.131. The highest BCUT2D eigenvalue weighted by atomic mass is 35.5. The molecule has 1 spiro atoms. The highest BCUT2D eigenvalue weighted by Gasteiger charge is 2.39. The SMILES string of the molecule is CC1=NC2(CCN(C(=O)Cc3cccs3)CC2)N=C1c1ccc(Cl)cc1. The maximum Gasteiger partial charge on any atom is 0.227 e. The smallest absolute Gasteiger partial charge is 0.227 e. The summed E-state index contributed by atoms with van der Waals surface area (Å²) < 4.78 is 0. The Morgan fingerprint density at radius 3 is 2.58 bits per heavy atom. The van der Waals surface area contributed by atoms with Crippen molar-refractivity contribution in [1.29, 1.82) is 0 Å². The summed E-state index contributed by atoms with van der Waals surface area (Å²) >= 11 is 7.62. The highest BCUT2D eigenvalue weighted by molar-refractivity contribution is 7.10. The average molecular weight is 386 g/mol. The fraction of sp³-hybridized carbons (Fsp3) is 0.350. The summed E-state index contributed by atoms with van der Waals surface area (Å²) in [6, 6.07) is 11.7. The second-order valence-corrected chi connectivity index (χ2v) is 8.25. The summed E-state index contributed by atoms with van der Waals surface area (Å²) in [6.07, 6.45) is 2.04. The number of thiophene rings is 1. The van der Waals surface area contributed by atoms with E-state index in [0.717, 1.165) is 34.7 Å². The van der Waals surface area contributed by atoms with Crippen LogP contribution in [0.4, 0.5) is 0 Å². The van der Waals surface area contributed by atoms with Gasteiger partial charge < -0.3 is 4.90 Å². The Kier molecular flexibility index (Phi) is 4.67. The lowest BCUT2D eigenvalue weighted by atomic mass is 9.98. The van der Waals surface area contributed by atoms with Crippen LogP contribution in [0.3, 0.4) is 0 Å². The fourth-order valence-electron chi connectivity index (χ4n) is 3.57. The monoisotopic (exact) mass is 385 g/mol. The van der Waals surface area contributed by atoms with Gasteiger partial charge in [0.25, 0.3) is 0 Å². The molecule has 0 atom stereocenters. The fourth-order valence-corrected chi connectivity index (χ4v) is 4.39. The highest BCUT2D eigenvalue weighted by Crippen LogP contribution is 2.33. The van der Waals surface area contributed by atoms with Gasteiger partial charge in [0.1, 0.15) is 0 Å². The van der Waals surface area contributed by atoms with E-state index in [-0.39, 0.29) is 5.91 Å². The first-order chi connectivity index (χ1) is 12.5. The van der Waals surface area contributed by atoms with Crippen LogP contribution in [0.1, 0.15) is 30.2 Å². The van der Waals surface area contributed by atoms with Crippen molar-refractivity contribution < 1.29 is 4.79 Å². The molecule has 0 radical (unpaired) electrons. The summed E-state index contributed by atoms with van der Waals surface area (Å²) in [5.41, 5.74) is 2.55. The van der Waals surface area contributed by atoms with Crippen molar-refractivity contribution in [2.45, 2.75) is 31.8 Å². The Bertz CT molecular complexity index is 863. The van der Waals surface area contributed by atoms with Crippen LogP contribution in [0.5, 0.6) is 0 Å². The van der Waals surface area contributed by atoms with Gasteiger partial charge in [-0.25, -0.2) is 0 Å². The zero-order valence-corrected chi connectivity index (χ0v) is 16.2. The number of carbonyl (C=O) groups is 1. The van der Waals surface area contributed by atoms with Crippen molar-refractivity contribution in [2.24, 2.45) is 9.98 Å². The largest absolute Gasteiger partial charge is 0.342 e. The third-order valence-electron chi connectivity index (χ3n) is 4.98. The molecule has 0 unspecified atom stereocenters. The van der Waals surface area contributed by atoms with E-state index in [9.17, 15) is 4.79 Å². The lowest BCUT2D eigenvalue weighted by Gasteiger charge is -2.35. The number of piperidine rings is 1. The van der Waals surface area contributed by atoms with Gasteiger partial charge in [-0.3, -0.25) is 14.8 Å². The number of carbonyl (C=O) groups excluding carboxylic acids is 1. The van der Waals surface area contributed by atoms with Crippen LogP contribution in [0.15, 0.2) is 51.8 Å². The molecular formula is C20H20ClN3OS. The van der Waals surface area contributed by atoms with Crippen molar-refractivity contribution >= 4 is 40.3 Å². The Morgan fingerprint density at radius 2 is 1.92 bits per heavy atom. The molecule has 0 bridgehead atoms. The van der Waals surface area contributed by atoms with Gasteiger partial charge in [-0.15, -0.1) is 11.3 Å². The molecule has 2 aliphatic rings. The summed E-state index contributed by atoms with van der Waals surface area (Å²) in [5.74, 6) is 0.197. The van der Waals surface area contributed by atoms with Gasteiger partial charge in [-0.1, -0.05) is 29.8 Å². The molecule has 4 rings (SSSR count). The minimum atomic E-state index is -0.404. The number of aliphatic imine (C=N–C) groups is 2. The molecule has 1 saturated heterocycles. The van der Waals surface area contributed by atoms with Gasteiger partial charge in [-0.05, 0) is 30.5 Å². The number of hydrogen-bond donors (Lipinski definition) is 0. The Morgan fingerprint density at radius 1 is 1.19 bits per heavy atom. The normalized spacial score (nSPS) is 18.8. The minimum Gasteiger partial charge on any atom is -0.342 e. The van der Waals surface area contributed by atoms with Gasteiger partial charge in [0.15, 0.2) is 5.66 Å². The van der Waals surface area contributed by atoms with Crippen LogP contribution in [0.25, 0.3) is 0 Å². The van der Waals surface area contributed by atoms with E-state index >= 15 is 0 Å². The van der Waals surface area contributed by atoms with Crippen LogP contribution in [0, 0.1) is 0 Å². The topological polar surface area (TPSA) is 45.0 Å². The molecule has 1 aromatic carbocycles. The van der Waals surface area contributed by atoms with Crippen LogP contribution < -0.4 is 0 Å². The molecule has 2 aromatic rings. The van der Waals surface area contributed by atoms with Gasteiger partial charge >= 0.3 is 0 Å². The molecule has 0 N–H and O–H groups in total. The van der Waals surface area contributed by atoms with Gasteiger partial charge in [0, 0.05) is 41.4 Å². The zero-order valence-electron chi connectivity index (χ0n) is 14.6. The Balaban J connectivity index is 1.45. The predicted octanol–water partition coefficient (Wildman–Crippen LogP) is 4.23. The molecule has 26 heavy (non-hydrogen) atoms. The summed E-state index contributed by atoms with van der Waals surface area (Å²) in [6.45, 7) is 3.42. The molecule has 2 aliphatic heterocycles. The second-order valence-electron chi connectivity index (χ2n) is 6.78. The van der Waals surface area contributed by atoms with Crippen LogP contribution in [-0.2, 0) is 11.2 Å². The maximum atomic E-state index is 12.5. The van der Waals surface area contributed by atoms with Crippen molar-refractivity contribution in [3.05, 3.63) is 57.2 Å². The van der Waals surface area contributed by atoms with E-state index in [2.05, 4.69) is 0 Å². The van der Waals surface area contributed by atoms with E-state index in [4.69, 9.17) is 21.6 Å². The van der Waals surface area contributed by atoms with Crippen LogP contribution in [0.2, 0.25) is 5.02 Å². The van der Waals surface area contributed by atoms with E-state index in [1.165, 1.54) is 0 Å². The first-order valence-electron chi connectivity index (χ1n) is 8.77. The van der Waals surface area contributed by atoms with E-state index in [0.29, 0.717) is 24.5 Å². The molecule has 134 valence electrons. The maximum absolute atomic E-state index is 12.5. The molecule has 4 nitrogen and oxygen atoms in total. The minimum absolute atomic E-state index is 0.197. The molecule has 1 amide bonds. The van der Waals surface area contributed by atoms with Gasteiger partial charge in [0.2, 0.25) is 5.91 Å². The Labute approximate surface area is 162 Å². The number of nitrogens with zero attached hydrogens (tertiary/aromatic N) is 3.